The third-order valence-corrected chi connectivity index (χ3v) is 9.69. The number of carbonyl (C=O) groups is 1. The Labute approximate surface area is 252 Å². The lowest BCUT2D eigenvalue weighted by Crippen LogP contribution is -2.56. The molecule has 2 bridgehead atoms. The maximum atomic E-state index is 12.5. The van der Waals surface area contributed by atoms with Crippen LogP contribution in [-0.2, 0) is 9.53 Å². The quantitative estimate of drug-likeness (QED) is 0.289. The van der Waals surface area contributed by atoms with Crippen LogP contribution in [0.1, 0.15) is 39.2 Å². The molecule has 3 N–H and O–H groups in total. The van der Waals surface area contributed by atoms with Crippen molar-refractivity contribution in [2.45, 2.75) is 50.8 Å². The molecule has 6 heterocycles. The first-order chi connectivity index (χ1) is 20.6. The van der Waals surface area contributed by atoms with E-state index in [0.717, 1.165) is 64.2 Å². The van der Waals surface area contributed by atoms with Gasteiger partial charge in [0.05, 0.1) is 53.0 Å². The van der Waals surface area contributed by atoms with Crippen LogP contribution in [0.5, 0.6) is 0 Å². The van der Waals surface area contributed by atoms with Gasteiger partial charge in [0, 0.05) is 31.0 Å². The molecule has 0 spiro atoms. The Bertz CT molecular complexity index is 1740. The predicted octanol–water partition coefficient (Wildman–Crippen LogP) is 3.09. The number of fused-ring (bicyclic) bond motifs is 3. The number of ether oxygens (including phenoxy) is 1. The Morgan fingerprint density at radius 1 is 1.19 bits per heavy atom. The predicted molar refractivity (Wildman–Crippen MR) is 162 cm³/mol. The molecule has 12 nitrogen and oxygen atoms in total. The number of nitrogens with zero attached hydrogens (tertiary/aromatic N) is 7. The number of hydrogen-bond acceptors (Lipinski definition) is 11. The molecule has 222 valence electrons. The van der Waals surface area contributed by atoms with Crippen molar-refractivity contribution < 1.29 is 14.6 Å². The lowest BCUT2D eigenvalue weighted by Gasteiger charge is -2.40. The molecule has 0 aromatic carbocycles. The van der Waals surface area contributed by atoms with Crippen LogP contribution in [0.3, 0.4) is 0 Å². The fourth-order valence-corrected chi connectivity index (χ4v) is 7.21. The zero-order valence-corrected chi connectivity index (χ0v) is 25.1. The third-order valence-electron chi connectivity index (χ3n) is 8.68. The SMILES string of the molecule is CC1(Nc2cc(-c3ccc4cc(C#N)cnn34)ncc2-c2nnc(N3C[C@H]4CC[C@@H](C3)[C@H]4NC(=O)C(C)(C)O)s2)COC1. The average Bonchev–Trinajstić information content (AvgIpc) is 3.67. The van der Waals surface area contributed by atoms with Gasteiger partial charge in [0.1, 0.15) is 11.7 Å². The van der Waals surface area contributed by atoms with Crippen LogP contribution in [-0.4, -0.2) is 79.3 Å². The van der Waals surface area contributed by atoms with Gasteiger partial charge in [0.15, 0.2) is 5.01 Å². The van der Waals surface area contributed by atoms with Gasteiger partial charge in [0.25, 0.3) is 5.91 Å². The maximum Gasteiger partial charge on any atom is 0.251 e. The summed E-state index contributed by atoms with van der Waals surface area (Å²) in [5.74, 6) is 0.270. The van der Waals surface area contributed by atoms with Gasteiger partial charge in [-0.05, 0) is 69.7 Å². The van der Waals surface area contributed by atoms with Crippen LogP contribution in [0.15, 0.2) is 36.7 Å². The normalized spacial score (nSPS) is 22.7. The van der Waals surface area contributed by atoms with Gasteiger partial charge in [-0.25, -0.2) is 4.52 Å². The van der Waals surface area contributed by atoms with E-state index in [0.29, 0.717) is 30.6 Å². The highest BCUT2D eigenvalue weighted by molar-refractivity contribution is 7.18. The number of nitrogens with one attached hydrogen (secondary N) is 2. The molecule has 4 aromatic rings. The summed E-state index contributed by atoms with van der Waals surface area (Å²) in [5, 5.41) is 41.4. The topological polar surface area (TPSA) is 154 Å². The largest absolute Gasteiger partial charge is 0.381 e. The van der Waals surface area contributed by atoms with Crippen LogP contribution in [0.25, 0.3) is 27.5 Å². The van der Waals surface area contributed by atoms with E-state index in [9.17, 15) is 15.2 Å². The Morgan fingerprint density at radius 3 is 2.63 bits per heavy atom. The number of rotatable bonds is 7. The van der Waals surface area contributed by atoms with Gasteiger partial charge < -0.3 is 25.4 Å². The van der Waals surface area contributed by atoms with E-state index < -0.39 is 5.60 Å². The fourth-order valence-electron chi connectivity index (χ4n) is 6.32. The lowest BCUT2D eigenvalue weighted by atomic mass is 9.91. The highest BCUT2D eigenvalue weighted by atomic mass is 32.1. The molecule has 7 rings (SSSR count). The lowest BCUT2D eigenvalue weighted by molar-refractivity contribution is -0.137. The molecule has 4 aromatic heterocycles. The zero-order valence-electron chi connectivity index (χ0n) is 24.2. The zero-order chi connectivity index (χ0) is 29.9. The Hall–Kier alpha value is -4.12. The first kappa shape index (κ1) is 27.7. The van der Waals surface area contributed by atoms with Gasteiger partial charge in [-0.15, -0.1) is 10.2 Å². The maximum absolute atomic E-state index is 12.5. The summed E-state index contributed by atoms with van der Waals surface area (Å²) in [5.41, 5.74) is 3.02. The molecule has 1 amide bonds. The van der Waals surface area contributed by atoms with Gasteiger partial charge in [0.2, 0.25) is 5.13 Å². The first-order valence-corrected chi connectivity index (χ1v) is 15.3. The molecule has 2 saturated heterocycles. The minimum absolute atomic E-state index is 0.0617. The van der Waals surface area contributed by atoms with Crippen LogP contribution < -0.4 is 15.5 Å². The molecular weight excluding hydrogens is 566 g/mol. The molecule has 1 aliphatic carbocycles. The molecular formula is C30H33N9O3S. The first-order valence-electron chi connectivity index (χ1n) is 14.5. The van der Waals surface area contributed by atoms with Gasteiger partial charge in [-0.1, -0.05) is 11.3 Å². The molecule has 3 atom stereocenters. The van der Waals surface area contributed by atoms with Gasteiger partial charge >= 0.3 is 0 Å². The summed E-state index contributed by atoms with van der Waals surface area (Å²) in [7, 11) is 0. The van der Waals surface area contributed by atoms with Gasteiger partial charge in [-0.3, -0.25) is 9.78 Å². The van der Waals surface area contributed by atoms with E-state index in [1.54, 1.807) is 16.8 Å². The standard InChI is InChI=1S/C30H33N9O3S/c1-29(2,41)27(40)34-25-18-4-5-19(25)14-38(13-18)28-37-36-26(43-28)21-12-32-23(9-22(21)35-30(3)15-42-16-30)24-7-6-20-8-17(10-31)11-33-39(20)24/h6-9,11-12,18-19,25,41H,4-5,13-16H2,1-3H3,(H,32,35)(H,34,40)/t18-,19+,25+. The minimum atomic E-state index is -1.39. The number of amides is 1. The number of aliphatic hydroxyl groups is 1. The summed E-state index contributed by atoms with van der Waals surface area (Å²) < 4.78 is 7.29. The smallest absolute Gasteiger partial charge is 0.251 e. The number of pyridine rings is 1. The Balaban J connectivity index is 1.16. The van der Waals surface area contributed by atoms with E-state index in [1.165, 1.54) is 25.2 Å². The summed E-state index contributed by atoms with van der Waals surface area (Å²) >= 11 is 1.54. The summed E-state index contributed by atoms with van der Waals surface area (Å²) in [6, 6.07) is 9.89. The Morgan fingerprint density at radius 2 is 1.95 bits per heavy atom. The van der Waals surface area contributed by atoms with Crippen LogP contribution in [0.4, 0.5) is 10.8 Å². The van der Waals surface area contributed by atoms with E-state index in [1.807, 2.05) is 24.4 Å². The van der Waals surface area contributed by atoms with E-state index in [-0.39, 0.29) is 17.5 Å². The fraction of sp³-hybridized carbons (Fsp3) is 0.467. The van der Waals surface area contributed by atoms with E-state index in [2.05, 4.69) is 43.8 Å². The highest BCUT2D eigenvalue weighted by Crippen LogP contribution is 2.42. The monoisotopic (exact) mass is 599 g/mol. The molecule has 0 unspecified atom stereocenters. The van der Waals surface area contributed by atoms with Crippen molar-refractivity contribution in [2.75, 3.05) is 36.5 Å². The van der Waals surface area contributed by atoms with Crippen LogP contribution >= 0.6 is 11.3 Å². The summed E-state index contributed by atoms with van der Waals surface area (Å²) in [6.45, 7) is 7.92. The van der Waals surface area contributed by atoms with Crippen molar-refractivity contribution in [1.82, 2.24) is 30.1 Å². The van der Waals surface area contributed by atoms with Crippen molar-refractivity contribution in [3.05, 3.63) is 42.2 Å². The van der Waals surface area contributed by atoms with Crippen LogP contribution in [0, 0.1) is 23.2 Å². The second-order valence-corrected chi connectivity index (χ2v) is 13.6. The molecule has 43 heavy (non-hydrogen) atoms. The summed E-state index contributed by atoms with van der Waals surface area (Å²) in [4.78, 5) is 19.6. The van der Waals surface area contributed by atoms with Crippen molar-refractivity contribution in [1.29, 1.82) is 5.26 Å². The molecule has 13 heteroatoms. The molecule has 3 fully saturated rings. The average molecular weight is 600 g/mol. The summed E-state index contributed by atoms with van der Waals surface area (Å²) in [6.07, 6.45) is 5.45. The van der Waals surface area contributed by atoms with Crippen molar-refractivity contribution in [3.63, 3.8) is 0 Å². The van der Waals surface area contributed by atoms with E-state index in [4.69, 9.17) is 9.72 Å². The molecule has 3 aliphatic rings. The molecule has 2 aliphatic heterocycles. The number of anilines is 2. The minimum Gasteiger partial charge on any atom is -0.381 e. The third kappa shape index (κ3) is 5.09. The number of aromatic nitrogens is 5. The Kier molecular flexibility index (Phi) is 6.61. The molecule has 1 saturated carbocycles. The highest BCUT2D eigenvalue weighted by Gasteiger charge is 2.44. The number of piperidine rings is 1. The molecule has 0 radical (unpaired) electrons. The number of hydrogen-bond donors (Lipinski definition) is 3. The van der Waals surface area contributed by atoms with E-state index >= 15 is 0 Å². The van der Waals surface area contributed by atoms with Crippen molar-refractivity contribution in [2.24, 2.45) is 11.8 Å². The second kappa shape index (κ2) is 10.3. The second-order valence-electron chi connectivity index (χ2n) is 12.7. The number of carbonyl (C=O) groups excluding carboxylic acids is 1. The van der Waals surface area contributed by atoms with Crippen molar-refractivity contribution in [3.8, 4) is 28.0 Å². The van der Waals surface area contributed by atoms with Crippen molar-refractivity contribution >= 4 is 33.6 Å². The number of nitriles is 1. The van der Waals surface area contributed by atoms with Gasteiger partial charge in [-0.2, -0.15) is 10.4 Å². The van der Waals surface area contributed by atoms with Crippen LogP contribution in [0.2, 0.25) is 0 Å².